The molecule has 3 N–H and O–H groups in total. The van der Waals surface area contributed by atoms with Crippen LogP contribution in [0.2, 0.25) is 0 Å². The van der Waals surface area contributed by atoms with Gasteiger partial charge in [0.2, 0.25) is 34.1 Å². The Bertz CT molecular complexity index is 2050. The Morgan fingerprint density at radius 1 is 1.00 bits per heavy atom. The number of fused-ring (bicyclic) bond motifs is 5. The van der Waals surface area contributed by atoms with Gasteiger partial charge in [0.15, 0.2) is 0 Å². The average molecular weight is 833 g/mol. The van der Waals surface area contributed by atoms with E-state index in [0.29, 0.717) is 48.2 Å². The molecule has 58 heavy (non-hydrogen) atoms. The number of halogens is 2. The van der Waals surface area contributed by atoms with Gasteiger partial charge in [0.05, 0.1) is 35.9 Å². The number of aromatic nitrogens is 2. The van der Waals surface area contributed by atoms with E-state index in [1.807, 2.05) is 4.72 Å². The maximum Gasteiger partial charge on any atom is 0.408 e. The minimum Gasteiger partial charge on any atom is -0.497 e. The van der Waals surface area contributed by atoms with E-state index >= 15 is 0 Å². The smallest absolute Gasteiger partial charge is 0.408 e. The molecule has 1 aromatic carbocycles. The Morgan fingerprint density at radius 3 is 2.41 bits per heavy atom. The molecule has 1 saturated heterocycles. The number of benzene rings is 1. The fourth-order valence-electron chi connectivity index (χ4n) is 8.79. The highest BCUT2D eigenvalue weighted by molar-refractivity contribution is 7.91. The van der Waals surface area contributed by atoms with Crippen molar-refractivity contribution in [2.24, 2.45) is 23.2 Å². The maximum atomic E-state index is 14.8. The Hall–Kier alpha value is -4.35. The van der Waals surface area contributed by atoms with Crippen molar-refractivity contribution in [2.75, 3.05) is 13.7 Å². The van der Waals surface area contributed by atoms with E-state index in [9.17, 15) is 36.4 Å². The number of aryl methyl sites for hydroxylation is 1. The molecule has 8 atom stereocenters. The van der Waals surface area contributed by atoms with Crippen LogP contribution in [-0.4, -0.2) is 102 Å². The molecule has 4 fully saturated rings. The van der Waals surface area contributed by atoms with Gasteiger partial charge in [-0.15, -0.1) is 0 Å². The van der Waals surface area contributed by atoms with E-state index < -0.39 is 92.9 Å². The zero-order valence-corrected chi connectivity index (χ0v) is 34.4. The Morgan fingerprint density at radius 2 is 1.74 bits per heavy atom. The molecule has 5 aliphatic rings. The summed E-state index contributed by atoms with van der Waals surface area (Å²) in [4.78, 5) is 67.4. The quantitative estimate of drug-likeness (QED) is 0.358. The van der Waals surface area contributed by atoms with Gasteiger partial charge in [0.25, 0.3) is 5.91 Å². The van der Waals surface area contributed by atoms with Crippen LogP contribution in [0.3, 0.4) is 0 Å². The Balaban J connectivity index is 1.26. The Kier molecular flexibility index (Phi) is 11.5. The molecule has 4 amide bonds. The average Bonchev–Trinajstić information content (AvgIpc) is 4.07. The summed E-state index contributed by atoms with van der Waals surface area (Å²) in [5.74, 6) is -4.41. The third-order valence-electron chi connectivity index (χ3n) is 12.5. The molecule has 3 saturated carbocycles. The van der Waals surface area contributed by atoms with E-state index in [1.165, 1.54) is 12.0 Å². The van der Waals surface area contributed by atoms with Gasteiger partial charge < -0.3 is 29.7 Å². The number of ether oxygens (including phenoxy) is 3. The first-order valence-corrected chi connectivity index (χ1v) is 21.9. The normalized spacial score (nSPS) is 30.9. The molecule has 318 valence electrons. The summed E-state index contributed by atoms with van der Waals surface area (Å²) in [6.07, 6.45) is 1.59. The lowest BCUT2D eigenvalue weighted by Gasteiger charge is -2.36. The molecule has 0 spiro atoms. The largest absolute Gasteiger partial charge is 0.497 e. The number of alkyl halides is 2. The van der Waals surface area contributed by atoms with E-state index in [-0.39, 0.29) is 24.4 Å². The molecular formula is C40H54F2N6O9S. The van der Waals surface area contributed by atoms with Crippen LogP contribution in [0.5, 0.6) is 11.6 Å². The standard InChI is InChI=1S/C40H54F2N6O9S/c1-21-30-20-48(31(21)34(49)46-40(19-25(40)33(41)42)37(51)47-58(53,54)24-15-16-24)36(50)32(39(2,3)4)45-38(52)57-29-13-9-11-22(29)10-7-6-8-12-27-35(56-30)44-28-18-23(55-5)14-17-26(28)43-27/h14,17-18,21-22,24-25,29-33H,6-13,15-16,19-20H2,1-5H3,(H,45,52)(H,46,49)(H,47,51)/t21-,22-,25+,29-,30+,31+,32-,40-/m1/s1. The molecule has 2 bridgehead atoms. The van der Waals surface area contributed by atoms with Gasteiger partial charge in [0.1, 0.15) is 41.3 Å². The number of nitrogens with one attached hydrogen (secondary N) is 3. The lowest BCUT2D eigenvalue weighted by molar-refractivity contribution is -0.143. The SMILES string of the molecule is COc1ccc2nc3c(nc2c1)O[C@H]1CN(C(=O)[C@H](C(C)(C)C)NC(=O)O[C@@H]2CCC[C@H]2CCCCC3)[C@H](C(=O)N[C@]2(C(=O)NS(=O)(=O)C3CC3)C[C@H]2C(F)F)[C@@H]1C. The van der Waals surface area contributed by atoms with Gasteiger partial charge in [-0.2, -0.15) is 0 Å². The third kappa shape index (κ3) is 8.53. The van der Waals surface area contributed by atoms with Crippen molar-refractivity contribution in [3.05, 3.63) is 23.9 Å². The summed E-state index contributed by atoms with van der Waals surface area (Å²) < 4.78 is 73.9. The number of hydrogen-bond donors (Lipinski definition) is 3. The first kappa shape index (κ1) is 41.8. The van der Waals surface area contributed by atoms with Crippen LogP contribution in [0.25, 0.3) is 11.0 Å². The molecule has 3 aliphatic carbocycles. The number of carbonyl (C=O) groups is 4. The molecule has 3 heterocycles. The van der Waals surface area contributed by atoms with Crippen molar-refractivity contribution >= 4 is 44.9 Å². The number of sulfonamides is 1. The first-order valence-electron chi connectivity index (χ1n) is 20.4. The van der Waals surface area contributed by atoms with Crippen LogP contribution in [-0.2, 0) is 35.6 Å². The lowest BCUT2D eigenvalue weighted by Crippen LogP contribution is -2.61. The van der Waals surface area contributed by atoms with Gasteiger partial charge in [-0.25, -0.2) is 32.0 Å². The molecule has 18 heteroatoms. The fourth-order valence-corrected chi connectivity index (χ4v) is 10.2. The van der Waals surface area contributed by atoms with Gasteiger partial charge in [-0.1, -0.05) is 40.5 Å². The topological polar surface area (TPSA) is 195 Å². The summed E-state index contributed by atoms with van der Waals surface area (Å²) in [5.41, 5.74) is -1.42. The van der Waals surface area contributed by atoms with Crippen LogP contribution in [0, 0.1) is 23.2 Å². The number of rotatable bonds is 7. The van der Waals surface area contributed by atoms with Crippen molar-refractivity contribution in [3.63, 3.8) is 0 Å². The second-order valence-electron chi connectivity index (χ2n) is 17.7. The van der Waals surface area contributed by atoms with Crippen LogP contribution < -0.4 is 24.8 Å². The third-order valence-corrected chi connectivity index (χ3v) is 14.3. The molecule has 2 aromatic rings. The minimum absolute atomic E-state index is 0.166. The number of alkyl carbamates (subject to hydrolysis) is 1. The molecule has 2 aliphatic heterocycles. The Labute approximate surface area is 337 Å². The number of methoxy groups -OCH3 is 1. The zero-order valence-electron chi connectivity index (χ0n) is 33.6. The summed E-state index contributed by atoms with van der Waals surface area (Å²) in [5, 5.41) is 4.44. The van der Waals surface area contributed by atoms with Crippen molar-refractivity contribution in [2.45, 2.75) is 140 Å². The fraction of sp³-hybridized carbons (Fsp3) is 0.700. The highest BCUT2D eigenvalue weighted by Gasteiger charge is 2.67. The van der Waals surface area contributed by atoms with Gasteiger partial charge in [-0.05, 0) is 81.3 Å². The van der Waals surface area contributed by atoms with E-state index in [1.54, 1.807) is 45.9 Å². The molecule has 0 radical (unpaired) electrons. The second kappa shape index (κ2) is 16.0. The van der Waals surface area contributed by atoms with Crippen molar-refractivity contribution in [1.29, 1.82) is 0 Å². The van der Waals surface area contributed by atoms with Gasteiger partial charge >= 0.3 is 6.09 Å². The highest BCUT2D eigenvalue weighted by Crippen LogP contribution is 2.49. The van der Waals surface area contributed by atoms with Crippen molar-refractivity contribution < 1.29 is 50.6 Å². The summed E-state index contributed by atoms with van der Waals surface area (Å²) >= 11 is 0. The number of carbonyl (C=O) groups excluding carboxylic acids is 4. The summed E-state index contributed by atoms with van der Waals surface area (Å²) in [6, 6.07) is 2.70. The molecular weight excluding hydrogens is 779 g/mol. The maximum absolute atomic E-state index is 14.8. The molecule has 0 unspecified atom stereocenters. The minimum atomic E-state index is -4.14. The number of hydrogen-bond acceptors (Lipinski definition) is 11. The van der Waals surface area contributed by atoms with Crippen LogP contribution in [0.1, 0.15) is 97.6 Å². The van der Waals surface area contributed by atoms with E-state index in [0.717, 1.165) is 38.5 Å². The van der Waals surface area contributed by atoms with Crippen molar-refractivity contribution in [3.8, 4) is 11.6 Å². The molecule has 7 rings (SSSR count). The van der Waals surface area contributed by atoms with E-state index in [2.05, 4.69) is 10.6 Å². The monoisotopic (exact) mass is 832 g/mol. The van der Waals surface area contributed by atoms with Crippen molar-refractivity contribution in [1.82, 2.24) is 30.2 Å². The highest BCUT2D eigenvalue weighted by atomic mass is 32.2. The lowest BCUT2D eigenvalue weighted by atomic mass is 9.85. The van der Waals surface area contributed by atoms with Crippen LogP contribution in [0.15, 0.2) is 18.2 Å². The summed E-state index contributed by atoms with van der Waals surface area (Å²) in [7, 11) is -2.61. The van der Waals surface area contributed by atoms with Crippen LogP contribution in [0.4, 0.5) is 13.6 Å². The predicted molar refractivity (Wildman–Crippen MR) is 206 cm³/mol. The second-order valence-corrected chi connectivity index (χ2v) is 19.7. The molecule has 15 nitrogen and oxygen atoms in total. The first-order chi connectivity index (χ1) is 27.4. The number of nitrogens with zero attached hydrogens (tertiary/aromatic N) is 3. The molecule has 1 aromatic heterocycles. The summed E-state index contributed by atoms with van der Waals surface area (Å²) in [6.45, 7) is 6.75. The van der Waals surface area contributed by atoms with E-state index in [4.69, 9.17) is 24.2 Å². The zero-order chi connectivity index (χ0) is 41.7. The van der Waals surface area contributed by atoms with Gasteiger partial charge in [-0.3, -0.25) is 19.1 Å². The number of amides is 4. The predicted octanol–water partition coefficient (Wildman–Crippen LogP) is 4.41. The van der Waals surface area contributed by atoms with Crippen LogP contribution >= 0.6 is 0 Å². The van der Waals surface area contributed by atoms with Gasteiger partial charge in [0, 0.05) is 12.0 Å².